The fourth-order valence-corrected chi connectivity index (χ4v) is 2.82. The van der Waals surface area contributed by atoms with Crippen LogP contribution in [0.3, 0.4) is 0 Å². The number of hydrogen-bond acceptors (Lipinski definition) is 3. The van der Waals surface area contributed by atoms with Crippen LogP contribution in [0.2, 0.25) is 0 Å². The van der Waals surface area contributed by atoms with Gasteiger partial charge in [0, 0.05) is 37.8 Å². The van der Waals surface area contributed by atoms with Crippen LogP contribution in [0.5, 0.6) is 0 Å². The monoisotopic (exact) mass is 301 g/mol. The molecule has 0 aromatic heterocycles. The van der Waals surface area contributed by atoms with Gasteiger partial charge >= 0.3 is 6.18 Å². The zero-order chi connectivity index (χ0) is 15.6. The predicted molar refractivity (Wildman–Crippen MR) is 76.9 cm³/mol. The molecule has 118 valence electrons. The Morgan fingerprint density at radius 1 is 1.33 bits per heavy atom. The van der Waals surface area contributed by atoms with Gasteiger partial charge in [-0.3, -0.25) is 4.90 Å². The van der Waals surface area contributed by atoms with Gasteiger partial charge in [0.2, 0.25) is 0 Å². The Morgan fingerprint density at radius 2 is 1.95 bits per heavy atom. The minimum Gasteiger partial charge on any atom is -0.329 e. The van der Waals surface area contributed by atoms with Gasteiger partial charge < -0.3 is 11.1 Å². The molecule has 1 fully saturated rings. The van der Waals surface area contributed by atoms with E-state index in [1.165, 1.54) is 0 Å². The van der Waals surface area contributed by atoms with Crippen LogP contribution >= 0.6 is 0 Å². The van der Waals surface area contributed by atoms with Crippen molar-refractivity contribution < 1.29 is 13.2 Å². The third-order valence-corrected chi connectivity index (χ3v) is 4.15. The number of rotatable bonds is 3. The second-order valence-electron chi connectivity index (χ2n) is 5.69. The first-order valence-electron chi connectivity index (χ1n) is 7.19. The molecule has 3 nitrogen and oxygen atoms in total. The van der Waals surface area contributed by atoms with Gasteiger partial charge in [-0.15, -0.1) is 0 Å². The van der Waals surface area contributed by atoms with E-state index in [1.807, 2.05) is 6.92 Å². The largest absolute Gasteiger partial charge is 0.416 e. The number of halogens is 3. The molecule has 1 heterocycles. The number of hydrogen-bond donors (Lipinski definition) is 2. The van der Waals surface area contributed by atoms with Crippen molar-refractivity contribution in [3.63, 3.8) is 0 Å². The lowest BCUT2D eigenvalue weighted by Gasteiger charge is -2.42. The highest BCUT2D eigenvalue weighted by molar-refractivity contribution is 5.26. The summed E-state index contributed by atoms with van der Waals surface area (Å²) in [6, 6.07) is 6.03. The maximum Gasteiger partial charge on any atom is 0.416 e. The minimum atomic E-state index is -4.29. The molecule has 0 bridgehead atoms. The van der Waals surface area contributed by atoms with Crippen molar-refractivity contribution >= 4 is 0 Å². The molecule has 1 aliphatic rings. The fraction of sp³-hybridized carbons (Fsp3) is 0.600. The second kappa shape index (κ2) is 6.34. The average molecular weight is 301 g/mol. The normalized spacial score (nSPS) is 25.8. The van der Waals surface area contributed by atoms with Crippen molar-refractivity contribution in [3.8, 4) is 0 Å². The molecule has 1 aromatic rings. The highest BCUT2D eigenvalue weighted by Gasteiger charge is 2.32. The number of nitrogens with zero attached hydrogens (tertiary/aromatic N) is 1. The summed E-state index contributed by atoms with van der Waals surface area (Å²) < 4.78 is 37.8. The van der Waals surface area contributed by atoms with E-state index in [1.54, 1.807) is 12.1 Å². The first-order chi connectivity index (χ1) is 9.82. The molecule has 1 aliphatic heterocycles. The van der Waals surface area contributed by atoms with E-state index >= 15 is 0 Å². The Bertz CT molecular complexity index is 458. The lowest BCUT2D eigenvalue weighted by molar-refractivity contribution is -0.137. The van der Waals surface area contributed by atoms with E-state index in [0.29, 0.717) is 12.6 Å². The molecule has 1 unspecified atom stereocenters. The molecule has 0 aliphatic carbocycles. The van der Waals surface area contributed by atoms with Crippen molar-refractivity contribution in [1.82, 2.24) is 10.2 Å². The summed E-state index contributed by atoms with van der Waals surface area (Å²) >= 11 is 0. The third-order valence-electron chi connectivity index (χ3n) is 4.15. The van der Waals surface area contributed by atoms with Gasteiger partial charge in [0.1, 0.15) is 0 Å². The molecule has 0 amide bonds. The maximum absolute atomic E-state index is 12.6. The van der Waals surface area contributed by atoms with Gasteiger partial charge in [-0.25, -0.2) is 0 Å². The van der Waals surface area contributed by atoms with Crippen molar-refractivity contribution in [3.05, 3.63) is 35.4 Å². The molecular weight excluding hydrogens is 279 g/mol. The van der Waals surface area contributed by atoms with Crippen LogP contribution in [0.15, 0.2) is 24.3 Å². The predicted octanol–water partition coefficient (Wildman–Crippen LogP) is 2.39. The van der Waals surface area contributed by atoms with Crippen molar-refractivity contribution in [2.75, 3.05) is 19.6 Å². The van der Waals surface area contributed by atoms with Crippen LogP contribution in [0.25, 0.3) is 0 Å². The smallest absolute Gasteiger partial charge is 0.329 e. The average Bonchev–Trinajstić information content (AvgIpc) is 2.45. The van der Waals surface area contributed by atoms with Crippen molar-refractivity contribution in [2.45, 2.75) is 38.1 Å². The van der Waals surface area contributed by atoms with Gasteiger partial charge in [0.25, 0.3) is 0 Å². The Labute approximate surface area is 123 Å². The van der Waals surface area contributed by atoms with E-state index < -0.39 is 11.7 Å². The molecule has 3 N–H and O–H groups in total. The van der Waals surface area contributed by atoms with Crippen LogP contribution in [-0.2, 0) is 6.18 Å². The summed E-state index contributed by atoms with van der Waals surface area (Å²) in [7, 11) is 0. The molecule has 6 heteroatoms. The topological polar surface area (TPSA) is 41.3 Å². The molecule has 1 aromatic carbocycles. The number of alkyl halides is 3. The number of nitrogens with one attached hydrogen (secondary N) is 1. The molecule has 1 saturated heterocycles. The fourth-order valence-electron chi connectivity index (χ4n) is 2.82. The first kappa shape index (κ1) is 16.3. The number of piperazine rings is 1. The molecule has 2 rings (SSSR count). The van der Waals surface area contributed by atoms with E-state index in [4.69, 9.17) is 5.73 Å². The van der Waals surface area contributed by atoms with Crippen molar-refractivity contribution in [2.24, 2.45) is 5.73 Å². The summed E-state index contributed by atoms with van der Waals surface area (Å²) in [4.78, 5) is 2.27. The van der Waals surface area contributed by atoms with Gasteiger partial charge in [-0.05, 0) is 31.5 Å². The van der Waals surface area contributed by atoms with Crippen LogP contribution in [0, 0.1) is 0 Å². The lowest BCUT2D eigenvalue weighted by atomic mass is 10.00. The highest BCUT2D eigenvalue weighted by atomic mass is 19.4. The van der Waals surface area contributed by atoms with E-state index in [-0.39, 0.29) is 12.1 Å². The second-order valence-corrected chi connectivity index (χ2v) is 5.69. The summed E-state index contributed by atoms with van der Waals surface area (Å²) in [6.45, 7) is 6.29. The quantitative estimate of drug-likeness (QED) is 0.901. The van der Waals surface area contributed by atoms with Gasteiger partial charge in [0.15, 0.2) is 0 Å². The lowest BCUT2D eigenvalue weighted by Crippen LogP contribution is -2.58. The highest BCUT2D eigenvalue weighted by Crippen LogP contribution is 2.31. The van der Waals surface area contributed by atoms with Crippen LogP contribution < -0.4 is 11.1 Å². The van der Waals surface area contributed by atoms with Crippen LogP contribution in [-0.4, -0.2) is 36.6 Å². The van der Waals surface area contributed by atoms with E-state index in [9.17, 15) is 13.2 Å². The van der Waals surface area contributed by atoms with Crippen molar-refractivity contribution in [1.29, 1.82) is 0 Å². The Hall–Kier alpha value is -1.11. The van der Waals surface area contributed by atoms with Gasteiger partial charge in [-0.1, -0.05) is 12.1 Å². The Balaban J connectivity index is 2.16. The zero-order valence-electron chi connectivity index (χ0n) is 12.3. The standard InChI is InChI=1S/C15H22F3N3/c1-10-9-21(14(7-19)8-20-10)11(2)12-3-5-13(6-4-12)15(16,17)18/h3-6,10-11,14,20H,7-9,19H2,1-2H3/t10-,11?,14+/m0/s1. The minimum absolute atomic E-state index is 0.0467. The zero-order valence-corrected chi connectivity index (χ0v) is 12.3. The molecule has 21 heavy (non-hydrogen) atoms. The number of nitrogens with two attached hydrogens (primary N) is 1. The number of benzene rings is 1. The maximum atomic E-state index is 12.6. The van der Waals surface area contributed by atoms with Gasteiger partial charge in [0.05, 0.1) is 5.56 Å². The van der Waals surface area contributed by atoms with E-state index in [0.717, 1.165) is 30.8 Å². The van der Waals surface area contributed by atoms with Gasteiger partial charge in [-0.2, -0.15) is 13.2 Å². The molecule has 0 saturated carbocycles. The molecule has 0 spiro atoms. The van der Waals surface area contributed by atoms with E-state index in [2.05, 4.69) is 17.1 Å². The summed E-state index contributed by atoms with van der Waals surface area (Å²) in [6.07, 6.45) is -4.29. The van der Waals surface area contributed by atoms with Crippen LogP contribution in [0.1, 0.15) is 31.0 Å². The Morgan fingerprint density at radius 3 is 2.48 bits per heavy atom. The Kier molecular flexibility index (Phi) is 4.91. The molecular formula is C15H22F3N3. The van der Waals surface area contributed by atoms with Crippen LogP contribution in [0.4, 0.5) is 13.2 Å². The third kappa shape index (κ3) is 3.75. The summed E-state index contributed by atoms with van der Waals surface area (Å²) in [5, 5.41) is 3.38. The first-order valence-corrected chi connectivity index (χ1v) is 7.19. The SMILES string of the molecule is CC(c1ccc(C(F)(F)F)cc1)N1C[C@H](C)NC[C@H]1CN. The molecule has 0 radical (unpaired) electrons. The summed E-state index contributed by atoms with van der Waals surface area (Å²) in [5.74, 6) is 0. The summed E-state index contributed by atoms with van der Waals surface area (Å²) in [5.41, 5.74) is 6.08. The molecule has 3 atom stereocenters.